The average molecular weight is 445 g/mol. The molecule has 0 unspecified atom stereocenters. The summed E-state index contributed by atoms with van der Waals surface area (Å²) in [5, 5.41) is 0. The number of carbonyl (C=O) groups is 1. The van der Waals surface area contributed by atoms with Crippen LogP contribution in [0.1, 0.15) is 35.2 Å². The van der Waals surface area contributed by atoms with E-state index in [1.165, 1.54) is 6.07 Å². The first-order valence-corrected chi connectivity index (χ1v) is 11.2. The summed E-state index contributed by atoms with van der Waals surface area (Å²) in [6.07, 6.45) is 2.93. The Bertz CT molecular complexity index is 1220. The number of aryl methyl sites for hydroxylation is 1. The normalized spacial score (nSPS) is 16.3. The quantitative estimate of drug-likeness (QED) is 0.483. The summed E-state index contributed by atoms with van der Waals surface area (Å²) in [5.74, 6) is 0.690. The van der Waals surface area contributed by atoms with Crippen molar-refractivity contribution < 1.29 is 13.9 Å². The topological polar surface area (TPSA) is 71.1 Å². The molecule has 5 rings (SSSR count). The number of hydrogen-bond acceptors (Lipinski definition) is 4. The zero-order valence-electron chi connectivity index (χ0n) is 18.2. The fraction of sp³-hybridized carbons (Fsp3) is 0.269. The summed E-state index contributed by atoms with van der Waals surface area (Å²) in [7, 11) is 0. The molecular formula is C26H25FN4O2. The van der Waals surface area contributed by atoms with Crippen LogP contribution in [0.5, 0.6) is 0 Å². The third-order valence-electron chi connectivity index (χ3n) is 5.96. The number of nitrogens with zero attached hydrogens (tertiary/aromatic N) is 3. The first-order valence-electron chi connectivity index (χ1n) is 11.2. The summed E-state index contributed by atoms with van der Waals surface area (Å²) in [6.45, 7) is 1.51. The van der Waals surface area contributed by atoms with Crippen molar-refractivity contribution in [2.75, 3.05) is 19.7 Å². The first kappa shape index (κ1) is 21.3. The molecule has 6 nitrogen and oxygen atoms in total. The van der Waals surface area contributed by atoms with Crippen LogP contribution < -0.4 is 0 Å². The molecule has 2 aromatic carbocycles. The molecule has 33 heavy (non-hydrogen) atoms. The van der Waals surface area contributed by atoms with Crippen molar-refractivity contribution in [3.05, 3.63) is 95.3 Å². The molecule has 1 aliphatic rings. The molecule has 3 heterocycles. The highest BCUT2D eigenvalue weighted by Crippen LogP contribution is 2.22. The molecule has 168 valence electrons. The van der Waals surface area contributed by atoms with E-state index in [0.29, 0.717) is 44.5 Å². The molecule has 1 fully saturated rings. The summed E-state index contributed by atoms with van der Waals surface area (Å²) < 4.78 is 19.8. The molecule has 2 aromatic heterocycles. The van der Waals surface area contributed by atoms with Gasteiger partial charge in [0.1, 0.15) is 17.7 Å². The van der Waals surface area contributed by atoms with Gasteiger partial charge in [0.15, 0.2) is 0 Å². The number of aromatic amines is 1. The van der Waals surface area contributed by atoms with Crippen molar-refractivity contribution in [1.82, 2.24) is 19.9 Å². The Morgan fingerprint density at radius 2 is 1.97 bits per heavy atom. The van der Waals surface area contributed by atoms with Crippen molar-refractivity contribution in [3.63, 3.8) is 0 Å². The molecule has 4 aromatic rings. The predicted octanol–water partition coefficient (Wildman–Crippen LogP) is 4.22. The van der Waals surface area contributed by atoms with Crippen molar-refractivity contribution in [1.29, 1.82) is 0 Å². The Hall–Kier alpha value is -3.58. The zero-order chi connectivity index (χ0) is 22.6. The predicted molar refractivity (Wildman–Crippen MR) is 123 cm³/mol. The lowest BCUT2D eigenvalue weighted by Gasteiger charge is -2.32. The summed E-state index contributed by atoms with van der Waals surface area (Å²) in [6, 6.07) is 18.5. The molecule has 0 aliphatic carbocycles. The van der Waals surface area contributed by atoms with Crippen LogP contribution in [0.2, 0.25) is 0 Å². The van der Waals surface area contributed by atoms with Crippen LogP contribution in [0.25, 0.3) is 11.0 Å². The van der Waals surface area contributed by atoms with Gasteiger partial charge in [-0.2, -0.15) is 0 Å². The molecule has 1 aliphatic heterocycles. The second-order valence-corrected chi connectivity index (χ2v) is 8.26. The van der Waals surface area contributed by atoms with Crippen LogP contribution in [0.15, 0.2) is 66.9 Å². The maximum atomic E-state index is 13.9. The molecule has 0 saturated carbocycles. The molecule has 0 spiro atoms. The first-order chi connectivity index (χ1) is 16.2. The Balaban J connectivity index is 1.18. The second-order valence-electron chi connectivity index (χ2n) is 8.26. The number of fused-ring (bicyclic) bond motifs is 1. The number of benzene rings is 2. The standard InChI is InChI=1S/C26H25FN4O2/c27-20-6-2-1-5-19(20)15-18-9-10-23(28-16-18)24-17-31(13-14-33-24)26(32)12-11-25-29-21-7-3-4-8-22(21)30-25/h1-10,16,24H,11-15,17H2,(H,29,30)/t24-/m1/s1. The number of morpholine rings is 1. The number of aromatic nitrogens is 3. The van der Waals surface area contributed by atoms with E-state index in [4.69, 9.17) is 4.74 Å². The van der Waals surface area contributed by atoms with E-state index in [2.05, 4.69) is 15.0 Å². The van der Waals surface area contributed by atoms with Crippen molar-refractivity contribution in [3.8, 4) is 0 Å². The smallest absolute Gasteiger partial charge is 0.223 e. The van der Waals surface area contributed by atoms with Gasteiger partial charge in [-0.25, -0.2) is 9.37 Å². The molecular weight excluding hydrogens is 419 g/mol. The van der Waals surface area contributed by atoms with Gasteiger partial charge in [0, 0.05) is 32.0 Å². The van der Waals surface area contributed by atoms with E-state index in [1.54, 1.807) is 18.3 Å². The van der Waals surface area contributed by atoms with Crippen LogP contribution in [-0.4, -0.2) is 45.5 Å². The number of amides is 1. The van der Waals surface area contributed by atoms with Crippen LogP contribution in [0.4, 0.5) is 4.39 Å². The molecule has 1 N–H and O–H groups in total. The van der Waals surface area contributed by atoms with E-state index in [9.17, 15) is 9.18 Å². The molecule has 1 saturated heterocycles. The number of ether oxygens (including phenoxy) is 1. The average Bonchev–Trinajstić information content (AvgIpc) is 3.28. The maximum absolute atomic E-state index is 13.9. The van der Waals surface area contributed by atoms with E-state index in [-0.39, 0.29) is 17.8 Å². The van der Waals surface area contributed by atoms with Crippen LogP contribution >= 0.6 is 0 Å². The summed E-state index contributed by atoms with van der Waals surface area (Å²) >= 11 is 0. The maximum Gasteiger partial charge on any atom is 0.223 e. The fourth-order valence-corrected chi connectivity index (χ4v) is 4.15. The highest BCUT2D eigenvalue weighted by molar-refractivity contribution is 5.77. The van der Waals surface area contributed by atoms with Crippen molar-refractivity contribution in [2.45, 2.75) is 25.4 Å². The van der Waals surface area contributed by atoms with Gasteiger partial charge in [-0.15, -0.1) is 0 Å². The largest absolute Gasteiger partial charge is 0.368 e. The number of carbonyl (C=O) groups excluding carboxylic acids is 1. The number of hydrogen-bond donors (Lipinski definition) is 1. The van der Waals surface area contributed by atoms with Crippen LogP contribution in [-0.2, 0) is 22.4 Å². The highest BCUT2D eigenvalue weighted by atomic mass is 19.1. The number of halogens is 1. The number of imidazole rings is 1. The van der Waals surface area contributed by atoms with E-state index < -0.39 is 0 Å². The lowest BCUT2D eigenvalue weighted by molar-refractivity contribution is -0.139. The third-order valence-corrected chi connectivity index (χ3v) is 5.96. The van der Waals surface area contributed by atoms with Gasteiger partial charge in [0.2, 0.25) is 5.91 Å². The van der Waals surface area contributed by atoms with Gasteiger partial charge in [0.05, 0.1) is 29.9 Å². The van der Waals surface area contributed by atoms with E-state index >= 15 is 0 Å². The Labute approximate surface area is 191 Å². The number of nitrogens with one attached hydrogen (secondary N) is 1. The number of rotatable bonds is 6. The lowest BCUT2D eigenvalue weighted by Crippen LogP contribution is -2.42. The minimum Gasteiger partial charge on any atom is -0.368 e. The number of pyridine rings is 1. The van der Waals surface area contributed by atoms with Gasteiger partial charge < -0.3 is 14.6 Å². The van der Waals surface area contributed by atoms with Gasteiger partial charge in [-0.3, -0.25) is 9.78 Å². The number of para-hydroxylation sites is 2. The third kappa shape index (κ3) is 4.93. The SMILES string of the molecule is O=C(CCc1nc2ccccc2[nH]1)N1CCO[C@@H](c2ccc(Cc3ccccc3F)cn2)C1. The molecule has 7 heteroatoms. The van der Waals surface area contributed by atoms with Crippen LogP contribution in [0.3, 0.4) is 0 Å². The van der Waals surface area contributed by atoms with Gasteiger partial charge in [-0.05, 0) is 35.4 Å². The van der Waals surface area contributed by atoms with E-state index in [0.717, 1.165) is 28.1 Å². The van der Waals surface area contributed by atoms with Crippen molar-refractivity contribution >= 4 is 16.9 Å². The molecule has 1 amide bonds. The van der Waals surface area contributed by atoms with Gasteiger partial charge in [0.25, 0.3) is 0 Å². The second kappa shape index (κ2) is 9.50. The number of H-pyrrole nitrogens is 1. The minimum atomic E-state index is -0.267. The Morgan fingerprint density at radius 1 is 1.12 bits per heavy atom. The molecule has 1 atom stereocenters. The lowest BCUT2D eigenvalue weighted by atomic mass is 10.1. The summed E-state index contributed by atoms with van der Waals surface area (Å²) in [5.41, 5.74) is 4.24. The Morgan fingerprint density at radius 3 is 2.79 bits per heavy atom. The fourth-order valence-electron chi connectivity index (χ4n) is 4.15. The molecule has 0 bridgehead atoms. The van der Waals surface area contributed by atoms with Gasteiger partial charge >= 0.3 is 0 Å². The zero-order valence-corrected chi connectivity index (χ0v) is 18.2. The van der Waals surface area contributed by atoms with Crippen molar-refractivity contribution in [2.24, 2.45) is 0 Å². The Kier molecular flexibility index (Phi) is 6.13. The molecule has 0 radical (unpaired) electrons. The van der Waals surface area contributed by atoms with Gasteiger partial charge in [-0.1, -0.05) is 36.4 Å². The monoisotopic (exact) mass is 444 g/mol. The minimum absolute atomic E-state index is 0.0833. The van der Waals surface area contributed by atoms with Crippen LogP contribution in [0, 0.1) is 5.82 Å². The summed E-state index contributed by atoms with van der Waals surface area (Å²) in [4.78, 5) is 27.0. The van der Waals surface area contributed by atoms with E-state index in [1.807, 2.05) is 47.4 Å². The highest BCUT2D eigenvalue weighted by Gasteiger charge is 2.26.